The standard InChI is InChI=1S/C22H37N5O4/c1-25-14-16-26(17-15-25)21-12-11-20(19-24-21)22(28)23-13-9-7-5-3-2-4-6-8-10-18-31-27(29)30/h11-12,19H,2-10,13-18H2,1H3,(H,23,28). The number of hydrogen-bond donors (Lipinski definition) is 1. The van der Waals surface area contributed by atoms with Crippen molar-refractivity contribution in [3.63, 3.8) is 0 Å². The van der Waals surface area contributed by atoms with E-state index in [9.17, 15) is 14.9 Å². The summed E-state index contributed by atoms with van der Waals surface area (Å²) in [4.78, 5) is 35.6. The maximum Gasteiger partial charge on any atom is 0.294 e. The molecule has 31 heavy (non-hydrogen) atoms. The second kappa shape index (κ2) is 14.6. The Balaban J connectivity index is 1.46. The van der Waals surface area contributed by atoms with Gasteiger partial charge in [-0.1, -0.05) is 44.9 Å². The number of anilines is 1. The fourth-order valence-corrected chi connectivity index (χ4v) is 3.65. The number of rotatable bonds is 15. The number of amides is 1. The van der Waals surface area contributed by atoms with Gasteiger partial charge >= 0.3 is 0 Å². The van der Waals surface area contributed by atoms with E-state index in [1.807, 2.05) is 12.1 Å². The summed E-state index contributed by atoms with van der Waals surface area (Å²) in [5, 5.41) is 12.3. The minimum Gasteiger partial charge on any atom is -0.354 e. The van der Waals surface area contributed by atoms with Gasteiger partial charge < -0.3 is 20.0 Å². The highest BCUT2D eigenvalue weighted by molar-refractivity contribution is 5.94. The van der Waals surface area contributed by atoms with Gasteiger partial charge in [-0.2, -0.15) is 0 Å². The normalized spacial score (nSPS) is 14.4. The average Bonchev–Trinajstić information content (AvgIpc) is 2.77. The first-order valence-electron chi connectivity index (χ1n) is 11.5. The topological polar surface area (TPSA) is 101 Å². The Bertz CT molecular complexity index is 648. The highest BCUT2D eigenvalue weighted by Crippen LogP contribution is 2.14. The summed E-state index contributed by atoms with van der Waals surface area (Å²) in [7, 11) is 2.13. The molecule has 1 N–H and O–H groups in total. The summed E-state index contributed by atoms with van der Waals surface area (Å²) in [5.74, 6) is 0.882. The molecule has 1 fully saturated rings. The minimum atomic E-state index is -0.732. The van der Waals surface area contributed by atoms with Crippen LogP contribution in [-0.4, -0.2) is 67.3 Å². The number of likely N-dealkylation sites (N-methyl/N-ethyl adjacent to an activating group) is 1. The van der Waals surface area contributed by atoms with Crippen molar-refractivity contribution in [2.75, 3.05) is 51.3 Å². The zero-order valence-electron chi connectivity index (χ0n) is 18.8. The van der Waals surface area contributed by atoms with Crippen LogP contribution in [0, 0.1) is 10.1 Å². The summed E-state index contributed by atoms with van der Waals surface area (Å²) in [6, 6.07) is 3.80. The maximum absolute atomic E-state index is 12.3. The Hall–Kier alpha value is -2.42. The van der Waals surface area contributed by atoms with Gasteiger partial charge in [-0.05, 0) is 32.0 Å². The molecule has 174 valence electrons. The molecule has 0 saturated carbocycles. The number of aromatic nitrogens is 1. The molecule has 2 rings (SSSR count). The predicted octanol–water partition coefficient (Wildman–Crippen LogP) is 3.28. The number of piperazine rings is 1. The minimum absolute atomic E-state index is 0.0570. The van der Waals surface area contributed by atoms with Crippen LogP contribution in [0.4, 0.5) is 5.82 Å². The van der Waals surface area contributed by atoms with Gasteiger partial charge in [-0.15, -0.1) is 10.1 Å². The summed E-state index contributed by atoms with van der Waals surface area (Å²) in [6.07, 6.45) is 11.3. The molecule has 1 amide bonds. The molecule has 0 spiro atoms. The van der Waals surface area contributed by atoms with Crippen LogP contribution in [0.5, 0.6) is 0 Å². The molecule has 0 atom stereocenters. The second-order valence-corrected chi connectivity index (χ2v) is 8.19. The van der Waals surface area contributed by atoms with E-state index < -0.39 is 5.09 Å². The molecule has 9 heteroatoms. The lowest BCUT2D eigenvalue weighted by Crippen LogP contribution is -2.44. The molecule has 1 aliphatic rings. The Morgan fingerprint density at radius 1 is 1.03 bits per heavy atom. The highest BCUT2D eigenvalue weighted by Gasteiger charge is 2.15. The first-order valence-corrected chi connectivity index (χ1v) is 11.5. The second-order valence-electron chi connectivity index (χ2n) is 8.19. The van der Waals surface area contributed by atoms with E-state index in [2.05, 4.69) is 32.0 Å². The monoisotopic (exact) mass is 435 g/mol. The fourth-order valence-electron chi connectivity index (χ4n) is 3.65. The number of hydrogen-bond acceptors (Lipinski definition) is 7. The summed E-state index contributed by atoms with van der Waals surface area (Å²) >= 11 is 0. The zero-order valence-corrected chi connectivity index (χ0v) is 18.8. The predicted molar refractivity (Wildman–Crippen MR) is 121 cm³/mol. The third kappa shape index (κ3) is 10.4. The highest BCUT2D eigenvalue weighted by atomic mass is 16.9. The third-order valence-corrected chi connectivity index (χ3v) is 5.64. The van der Waals surface area contributed by atoms with Crippen LogP contribution in [0.1, 0.15) is 68.1 Å². The molecule has 1 saturated heterocycles. The molecule has 0 bridgehead atoms. The molecule has 1 aliphatic heterocycles. The summed E-state index contributed by atoms with van der Waals surface area (Å²) < 4.78 is 0. The van der Waals surface area contributed by atoms with E-state index in [4.69, 9.17) is 0 Å². The molecule has 9 nitrogen and oxygen atoms in total. The van der Waals surface area contributed by atoms with E-state index >= 15 is 0 Å². The van der Waals surface area contributed by atoms with E-state index in [0.717, 1.165) is 70.5 Å². The molecular formula is C22H37N5O4. The Kier molecular flexibility index (Phi) is 11.7. The van der Waals surface area contributed by atoms with E-state index in [1.165, 1.54) is 19.3 Å². The largest absolute Gasteiger partial charge is 0.354 e. The summed E-state index contributed by atoms with van der Waals surface area (Å²) in [5.41, 5.74) is 0.612. The van der Waals surface area contributed by atoms with E-state index in [-0.39, 0.29) is 12.5 Å². The molecule has 0 radical (unpaired) electrons. The van der Waals surface area contributed by atoms with Gasteiger partial charge in [0, 0.05) is 38.9 Å². The summed E-state index contributed by atoms with van der Waals surface area (Å²) in [6.45, 7) is 4.89. The number of nitrogens with zero attached hydrogens (tertiary/aromatic N) is 4. The SMILES string of the molecule is CN1CCN(c2ccc(C(=O)NCCCCCCCCCCCO[N+](=O)[O-])cn2)CC1. The number of pyridine rings is 1. The number of unbranched alkanes of at least 4 members (excludes halogenated alkanes) is 8. The molecule has 0 aliphatic carbocycles. The van der Waals surface area contributed by atoms with Crippen LogP contribution < -0.4 is 10.2 Å². The van der Waals surface area contributed by atoms with Gasteiger partial charge in [-0.3, -0.25) is 4.79 Å². The number of nitrogens with one attached hydrogen (secondary N) is 1. The smallest absolute Gasteiger partial charge is 0.294 e. The van der Waals surface area contributed by atoms with Gasteiger partial charge in [0.1, 0.15) is 5.82 Å². The van der Waals surface area contributed by atoms with Crippen LogP contribution >= 0.6 is 0 Å². The van der Waals surface area contributed by atoms with Crippen molar-refractivity contribution in [3.8, 4) is 0 Å². The Labute approximate surface area is 185 Å². The van der Waals surface area contributed by atoms with E-state index in [1.54, 1.807) is 6.20 Å². The van der Waals surface area contributed by atoms with Gasteiger partial charge in [0.05, 0.1) is 12.2 Å². The van der Waals surface area contributed by atoms with Crippen molar-refractivity contribution in [1.82, 2.24) is 15.2 Å². The Morgan fingerprint density at radius 2 is 1.65 bits per heavy atom. The van der Waals surface area contributed by atoms with Crippen molar-refractivity contribution in [2.45, 2.75) is 57.8 Å². The quantitative estimate of drug-likeness (QED) is 0.256. The van der Waals surface area contributed by atoms with Crippen molar-refractivity contribution in [1.29, 1.82) is 0 Å². The third-order valence-electron chi connectivity index (χ3n) is 5.64. The lowest BCUT2D eigenvalue weighted by molar-refractivity contribution is -0.757. The first-order chi connectivity index (χ1) is 15.1. The lowest BCUT2D eigenvalue weighted by atomic mass is 10.1. The molecule has 0 aromatic carbocycles. The van der Waals surface area contributed by atoms with Gasteiger partial charge in [0.15, 0.2) is 0 Å². The van der Waals surface area contributed by atoms with Gasteiger partial charge in [-0.25, -0.2) is 4.98 Å². The molecule has 1 aromatic rings. The molecule has 0 unspecified atom stereocenters. The first kappa shape index (κ1) is 24.8. The molecule has 2 heterocycles. The van der Waals surface area contributed by atoms with Crippen LogP contribution in [0.25, 0.3) is 0 Å². The zero-order chi connectivity index (χ0) is 22.3. The Morgan fingerprint density at radius 3 is 2.23 bits per heavy atom. The van der Waals surface area contributed by atoms with Crippen LogP contribution in [0.2, 0.25) is 0 Å². The van der Waals surface area contributed by atoms with Gasteiger partial charge in [0.2, 0.25) is 0 Å². The lowest BCUT2D eigenvalue weighted by Gasteiger charge is -2.33. The van der Waals surface area contributed by atoms with Crippen molar-refractivity contribution < 1.29 is 14.7 Å². The van der Waals surface area contributed by atoms with E-state index in [0.29, 0.717) is 12.1 Å². The van der Waals surface area contributed by atoms with Crippen molar-refractivity contribution in [2.24, 2.45) is 0 Å². The van der Waals surface area contributed by atoms with Gasteiger partial charge in [0.25, 0.3) is 11.0 Å². The van der Waals surface area contributed by atoms with Crippen molar-refractivity contribution in [3.05, 3.63) is 34.0 Å². The molecular weight excluding hydrogens is 398 g/mol. The van der Waals surface area contributed by atoms with Crippen LogP contribution in [0.3, 0.4) is 0 Å². The number of carbonyl (C=O) groups excluding carboxylic acids is 1. The van der Waals surface area contributed by atoms with Crippen LogP contribution in [-0.2, 0) is 4.84 Å². The average molecular weight is 436 g/mol. The van der Waals surface area contributed by atoms with Crippen molar-refractivity contribution >= 4 is 11.7 Å². The fraction of sp³-hybridized carbons (Fsp3) is 0.727. The maximum atomic E-state index is 12.3. The number of carbonyl (C=O) groups is 1. The molecule has 1 aromatic heterocycles. The van der Waals surface area contributed by atoms with Crippen LogP contribution in [0.15, 0.2) is 18.3 Å².